The van der Waals surface area contributed by atoms with Crippen LogP contribution in [0.5, 0.6) is 0 Å². The Kier molecular flexibility index (Phi) is 59.1. The number of hydrogen-bond acceptors (Lipinski definition) is 32. The highest BCUT2D eigenvalue weighted by Gasteiger charge is 2.42. The van der Waals surface area contributed by atoms with Crippen LogP contribution in [0.25, 0.3) is 0 Å². The monoisotopic (exact) mass is 1850 g/mol. The molecule has 0 radical (unpaired) electrons. The second-order valence-electron chi connectivity index (χ2n) is 34.5. The van der Waals surface area contributed by atoms with Gasteiger partial charge in [-0.1, -0.05) is 128 Å². The number of allylic oxidation sites excluding steroid dienone is 1. The minimum absolute atomic E-state index is 0.0617. The number of ketones is 7. The third-order valence-corrected chi connectivity index (χ3v) is 22.5. The summed E-state index contributed by atoms with van der Waals surface area (Å²) in [6, 6.07) is -17.3. The maximum Gasteiger partial charge on any atom is 0.258 e. The predicted molar refractivity (Wildman–Crippen MR) is 484 cm³/mol. The fraction of sp³-hybridized carbons (Fsp3) is 0.689. The molecule has 0 aromatic carbocycles. The lowest BCUT2D eigenvalue weighted by atomic mass is 9.96. The average molecular weight is 1850 g/mol. The molecule has 0 spiro atoms. The predicted octanol–water partition coefficient (Wildman–Crippen LogP) is -1.89. The van der Waals surface area contributed by atoms with Gasteiger partial charge in [-0.15, -0.1) is 13.2 Å². The summed E-state index contributed by atoms with van der Waals surface area (Å²) < 4.78 is 0. The van der Waals surface area contributed by atoms with Crippen LogP contribution in [0.3, 0.4) is 0 Å². The van der Waals surface area contributed by atoms with Gasteiger partial charge >= 0.3 is 0 Å². The van der Waals surface area contributed by atoms with Crippen LogP contribution >= 0.6 is 0 Å². The summed E-state index contributed by atoms with van der Waals surface area (Å²) >= 11 is 0. The summed E-state index contributed by atoms with van der Waals surface area (Å²) in [6.45, 7) is 33.3. The molecule has 0 aromatic rings. The molecular formula is C90H147N17O24. The lowest BCUT2D eigenvalue weighted by Gasteiger charge is -2.34. The number of rotatable bonds is 76. The van der Waals surface area contributed by atoms with E-state index in [-0.39, 0.29) is 55.8 Å². The van der Waals surface area contributed by atoms with Crippen LogP contribution in [0.1, 0.15) is 208 Å². The van der Waals surface area contributed by atoms with E-state index in [0.717, 1.165) is 4.90 Å². The number of nitrogens with one attached hydrogen (secondary N) is 16. The molecule has 0 unspecified atom stereocenters. The Bertz CT molecular complexity index is 3860. The van der Waals surface area contributed by atoms with Crippen LogP contribution in [0.2, 0.25) is 0 Å². The molecule has 0 bridgehead atoms. The van der Waals surface area contributed by atoms with Crippen molar-refractivity contribution < 1.29 is 115 Å². The van der Waals surface area contributed by atoms with Crippen molar-refractivity contribution in [2.75, 3.05) is 33.2 Å². The molecule has 131 heavy (non-hydrogen) atoms. The van der Waals surface area contributed by atoms with Crippen LogP contribution < -0.4 is 85.1 Å². The quantitative estimate of drug-likeness (QED) is 0.0180. The van der Waals surface area contributed by atoms with E-state index in [0.29, 0.717) is 76.0 Å². The van der Waals surface area contributed by atoms with Gasteiger partial charge in [-0.05, 0) is 70.1 Å². The van der Waals surface area contributed by atoms with Gasteiger partial charge in [0.15, 0.2) is 40.9 Å². The molecule has 0 aliphatic carbocycles. The number of nitrogens with zero attached hydrogens (tertiary/aromatic N) is 1. The van der Waals surface area contributed by atoms with Crippen LogP contribution in [0.15, 0.2) is 25.3 Å². The summed E-state index contributed by atoms with van der Waals surface area (Å²) in [7, 11) is 1.40. The summed E-state index contributed by atoms with van der Waals surface area (Å²) in [5.74, 6) is -20.1. The minimum atomic E-state index is -2.00. The maximum absolute atomic E-state index is 15.2. The summed E-state index contributed by atoms with van der Waals surface area (Å²) in [4.78, 5) is 325. The van der Waals surface area contributed by atoms with Gasteiger partial charge in [-0.3, -0.25) is 114 Å². The van der Waals surface area contributed by atoms with Crippen molar-refractivity contribution >= 4 is 144 Å². The van der Waals surface area contributed by atoms with E-state index in [2.05, 4.69) is 98.2 Å². The van der Waals surface area contributed by atoms with Crippen molar-refractivity contribution in [3.63, 3.8) is 0 Å². The minimum Gasteiger partial charge on any atom is -0.359 e. The summed E-state index contributed by atoms with van der Waals surface area (Å²) in [5, 5.41) is 42.1. The number of carbonyl (C=O) groups excluding carboxylic acids is 24. The van der Waals surface area contributed by atoms with Crippen LogP contribution in [-0.4, -0.2) is 285 Å². The van der Waals surface area contributed by atoms with Crippen molar-refractivity contribution in [2.24, 2.45) is 53.3 Å². The zero-order chi connectivity index (χ0) is 100. The summed E-state index contributed by atoms with van der Waals surface area (Å²) in [6.07, 6.45) is -3.98. The Hall–Kier alpha value is -10.6. The SMILES string of the molecule is C=CCCC(=O)C[C@@H](C)C(=O)N[C@@H](CN[C@H](C=O)C(C)C)C(=O)N(CC=C)[C@@H](NCC=O)C(=O)N[C@@H](C)C(=O)C[C@@H](C)C(=O)N[C@@H](N[C@H](C=O)CC(C)C)C(=O)C[C@@H](N[C@@H](C)C=O)C(=O)N[C@@H](N[C@H](C=O)[C@@H](C)CC)C(=O)C[C@@H](N[C@H](C=O)[C@@H](C)CC)C(=O)N[C@@H](NCC=O)C(=O)C[C@@H](C)C(=O)N[C@@H](C)C(=O)C[C@@H](N[C@H](C=O)[C@@H](C)CC)C(=O)N[C@@H](C)C(=O)C[C@@H](C)C(=O)NC. The molecule has 0 fully saturated rings. The lowest BCUT2D eigenvalue weighted by molar-refractivity contribution is -0.145. The number of aldehydes is 8. The van der Waals surface area contributed by atoms with E-state index in [4.69, 9.17) is 0 Å². The molecule has 0 aliphatic rings. The van der Waals surface area contributed by atoms with Gasteiger partial charge in [0.05, 0.1) is 85.6 Å². The highest BCUT2D eigenvalue weighted by atomic mass is 16.2. The first-order chi connectivity index (χ1) is 61.7. The fourth-order valence-corrected chi connectivity index (χ4v) is 13.3. The van der Waals surface area contributed by atoms with Crippen molar-refractivity contribution in [2.45, 2.75) is 311 Å². The van der Waals surface area contributed by atoms with E-state index >= 15 is 9.59 Å². The number of carbonyl (C=O) groups is 24. The van der Waals surface area contributed by atoms with E-state index < -0.39 is 278 Å². The molecule has 0 aliphatic heterocycles. The van der Waals surface area contributed by atoms with E-state index in [1.165, 1.54) is 68.5 Å². The second kappa shape index (κ2) is 64.3. The van der Waals surface area contributed by atoms with Gasteiger partial charge in [-0.2, -0.15) is 0 Å². The Balaban J connectivity index is 7.67. The Labute approximate surface area is 768 Å². The largest absolute Gasteiger partial charge is 0.359 e. The first-order valence-electron chi connectivity index (χ1n) is 44.8. The molecular weight excluding hydrogens is 1700 g/mol. The first kappa shape index (κ1) is 120. The lowest BCUT2D eigenvalue weighted by Crippen LogP contribution is -2.64. The van der Waals surface area contributed by atoms with Gasteiger partial charge in [0, 0.05) is 95.2 Å². The molecule has 16 N–H and O–H groups in total. The van der Waals surface area contributed by atoms with Crippen molar-refractivity contribution in [3.05, 3.63) is 25.3 Å². The summed E-state index contributed by atoms with van der Waals surface area (Å²) in [5.41, 5.74) is 0. The number of amides is 9. The molecule has 0 rings (SSSR count). The highest BCUT2D eigenvalue weighted by molar-refractivity contribution is 6.02. The molecule has 0 saturated heterocycles. The van der Waals surface area contributed by atoms with Crippen LogP contribution in [0, 0.1) is 53.3 Å². The van der Waals surface area contributed by atoms with Gasteiger partial charge in [0.1, 0.15) is 80.6 Å². The molecule has 9 amide bonds. The van der Waals surface area contributed by atoms with E-state index in [1.54, 1.807) is 75.3 Å². The third-order valence-electron chi connectivity index (χ3n) is 22.5. The van der Waals surface area contributed by atoms with E-state index in [1.807, 2.05) is 0 Å². The normalized spacial score (nSPS) is 16.9. The van der Waals surface area contributed by atoms with Gasteiger partial charge in [0.2, 0.25) is 47.3 Å². The van der Waals surface area contributed by atoms with Crippen LogP contribution in [-0.2, 0) is 115 Å². The molecule has 41 heteroatoms. The molecule has 0 aromatic heterocycles. The van der Waals surface area contributed by atoms with E-state index in [9.17, 15) is 105 Å². The van der Waals surface area contributed by atoms with Crippen molar-refractivity contribution in [1.82, 2.24) is 90.0 Å². The van der Waals surface area contributed by atoms with Gasteiger partial charge in [-0.25, -0.2) is 0 Å². The molecule has 0 saturated carbocycles. The Morgan fingerprint density at radius 1 is 0.351 bits per heavy atom. The van der Waals surface area contributed by atoms with Gasteiger partial charge < -0.3 is 91.1 Å². The Morgan fingerprint density at radius 3 is 1.17 bits per heavy atom. The fourth-order valence-electron chi connectivity index (χ4n) is 13.3. The standard InChI is InChI=1S/C90H147N17O24/c1-22-27-28-63(116)35-54(13)84(125)103-67(42-94-68(45-112)50(8)9)90(131)107(31-23-2)81(93-30-33-109)89(130)98-60(19)73(118)37-56(15)85(126)105-79(99-62(44-111)34-49(6)7)76(121)40-64(95-58(17)43-110)87(128)106-80(102-71(48-115)53(12)26-5)77(122)41-66(101-70(47-114)52(11)25-4)88(129)104-78(92-29-32-108)75(120)38-57(16)83(124)96-61(20)74(119)39-65(100-69(46-113)51(10)24-3)86(127)97-59(18)72(117)36-55(14)82(123)91-21/h22-23,32-33,43-62,64-71,78-81,92-95,99-102H,1-2,24-31,34-42H2,3-21H3,(H,91,123)(H,96,124)(H,97,127)(H,98,130)(H,103,125)(H,104,129)(H,105,126)(H,106,128)/t51-,52-,53-,54+,55+,56+,57+,58-,59-,60-,61-,62-,64+,65+,66+,67-,68+,69+,70+,71+,78+,79+,80+,81+/m0/s1. The molecule has 41 nitrogen and oxygen atoms in total. The first-order valence-corrected chi connectivity index (χ1v) is 44.8. The average Bonchev–Trinajstić information content (AvgIpc) is 0.828. The molecule has 0 heterocycles. The van der Waals surface area contributed by atoms with Crippen molar-refractivity contribution in [3.8, 4) is 0 Å². The zero-order valence-corrected chi connectivity index (χ0v) is 79.5. The zero-order valence-electron chi connectivity index (χ0n) is 79.5. The number of hydrogen-bond donors (Lipinski definition) is 16. The highest BCUT2D eigenvalue weighted by Crippen LogP contribution is 2.19. The Morgan fingerprint density at radius 2 is 0.733 bits per heavy atom. The third kappa shape index (κ3) is 44.0. The van der Waals surface area contributed by atoms with Crippen molar-refractivity contribution in [1.29, 1.82) is 0 Å². The van der Waals surface area contributed by atoms with Crippen LogP contribution in [0.4, 0.5) is 0 Å². The smallest absolute Gasteiger partial charge is 0.258 e. The number of Topliss-reactive ketones (excluding diaryl/α,β-unsaturated/α-hetero) is 7. The van der Waals surface area contributed by atoms with Gasteiger partial charge in [0.25, 0.3) is 5.91 Å². The molecule has 736 valence electrons. The second-order valence-corrected chi connectivity index (χ2v) is 34.5. The molecule has 24 atom stereocenters. The topological polar surface area (TPSA) is 605 Å². The maximum atomic E-state index is 15.2.